The fourth-order valence-corrected chi connectivity index (χ4v) is 5.25. The molecule has 0 spiro atoms. The first-order valence-corrected chi connectivity index (χ1v) is 13.1. The minimum absolute atomic E-state index is 0.299. The molecule has 9 heteroatoms. The molecule has 41 heavy (non-hydrogen) atoms. The van der Waals surface area contributed by atoms with E-state index in [0.29, 0.717) is 46.0 Å². The number of benzene rings is 4. The number of hydrogen-bond acceptors (Lipinski definition) is 7. The van der Waals surface area contributed by atoms with Gasteiger partial charge in [-0.05, 0) is 47.5 Å². The third-order valence-corrected chi connectivity index (χ3v) is 7.21. The number of amides is 1. The van der Waals surface area contributed by atoms with Crippen LogP contribution in [-0.2, 0) is 4.79 Å². The monoisotopic (exact) mass is 547 g/mol. The third kappa shape index (κ3) is 4.61. The lowest BCUT2D eigenvalue weighted by atomic mass is 9.94. The Morgan fingerprint density at radius 1 is 0.854 bits per heavy atom. The highest BCUT2D eigenvalue weighted by molar-refractivity contribution is 6.06. The van der Waals surface area contributed by atoms with Gasteiger partial charge in [-0.25, -0.2) is 4.68 Å². The molecule has 1 aliphatic rings. The van der Waals surface area contributed by atoms with Gasteiger partial charge < -0.3 is 24.8 Å². The first kappa shape index (κ1) is 25.9. The van der Waals surface area contributed by atoms with Crippen molar-refractivity contribution in [1.29, 1.82) is 0 Å². The van der Waals surface area contributed by atoms with Crippen LogP contribution in [0.5, 0.6) is 17.2 Å². The summed E-state index contributed by atoms with van der Waals surface area (Å²) >= 11 is 0. The lowest BCUT2D eigenvalue weighted by molar-refractivity contribution is -0.113. The van der Waals surface area contributed by atoms with Crippen LogP contribution in [-0.4, -0.2) is 42.0 Å². The molecular weight excluding hydrogens is 518 g/mol. The Balaban J connectivity index is 1.50. The Hall–Kier alpha value is -5.31. The van der Waals surface area contributed by atoms with Gasteiger partial charge in [0.1, 0.15) is 11.8 Å². The van der Waals surface area contributed by atoms with E-state index in [-0.39, 0.29) is 5.91 Å². The highest BCUT2D eigenvalue weighted by atomic mass is 16.5. The fraction of sp³-hybridized carbons (Fsp3) is 0.156. The Labute approximate surface area is 237 Å². The lowest BCUT2D eigenvalue weighted by Crippen LogP contribution is -2.31. The molecule has 2 heterocycles. The van der Waals surface area contributed by atoms with E-state index in [0.717, 1.165) is 21.9 Å². The maximum absolute atomic E-state index is 14.0. The minimum atomic E-state index is -0.614. The van der Waals surface area contributed by atoms with Crippen molar-refractivity contribution in [3.63, 3.8) is 0 Å². The quantitative estimate of drug-likeness (QED) is 0.256. The Morgan fingerprint density at radius 2 is 1.59 bits per heavy atom. The van der Waals surface area contributed by atoms with E-state index >= 15 is 0 Å². The van der Waals surface area contributed by atoms with Crippen molar-refractivity contribution < 1.29 is 19.0 Å². The molecule has 1 unspecified atom stereocenters. The zero-order valence-electron chi connectivity index (χ0n) is 23.1. The minimum Gasteiger partial charge on any atom is -0.495 e. The SMILES string of the molecule is COc1ccccc1NC(=O)C1=C(C)Nc2nc(-c3cccc4ccccc34)nn2C1c1ccc(OC)c(OC)c1. The van der Waals surface area contributed by atoms with Crippen LogP contribution in [0.3, 0.4) is 0 Å². The molecule has 0 saturated heterocycles. The van der Waals surface area contributed by atoms with Crippen LogP contribution in [0.1, 0.15) is 18.5 Å². The van der Waals surface area contributed by atoms with E-state index in [2.05, 4.69) is 28.8 Å². The molecule has 6 rings (SSSR count). The van der Waals surface area contributed by atoms with Crippen LogP contribution in [0.4, 0.5) is 11.6 Å². The van der Waals surface area contributed by atoms with Gasteiger partial charge in [-0.1, -0.05) is 60.7 Å². The average molecular weight is 548 g/mol. The second-order valence-electron chi connectivity index (χ2n) is 9.57. The molecule has 0 bridgehead atoms. The molecule has 2 N–H and O–H groups in total. The van der Waals surface area contributed by atoms with Gasteiger partial charge in [-0.15, -0.1) is 5.10 Å². The van der Waals surface area contributed by atoms with Gasteiger partial charge in [0.15, 0.2) is 17.3 Å². The molecule has 1 aromatic heterocycles. The molecule has 206 valence electrons. The molecule has 0 saturated carbocycles. The van der Waals surface area contributed by atoms with Crippen LogP contribution in [0.25, 0.3) is 22.2 Å². The highest BCUT2D eigenvalue weighted by Gasteiger charge is 2.35. The maximum Gasteiger partial charge on any atom is 0.255 e. The summed E-state index contributed by atoms with van der Waals surface area (Å²) in [6.45, 7) is 1.86. The van der Waals surface area contributed by atoms with Crippen LogP contribution in [0.2, 0.25) is 0 Å². The van der Waals surface area contributed by atoms with E-state index in [9.17, 15) is 4.79 Å². The van der Waals surface area contributed by atoms with Crippen LogP contribution in [0, 0.1) is 0 Å². The van der Waals surface area contributed by atoms with Crippen molar-refractivity contribution in [2.75, 3.05) is 32.0 Å². The van der Waals surface area contributed by atoms with E-state index < -0.39 is 6.04 Å². The van der Waals surface area contributed by atoms with E-state index in [1.807, 2.05) is 61.5 Å². The van der Waals surface area contributed by atoms with E-state index in [1.165, 1.54) is 0 Å². The van der Waals surface area contributed by atoms with E-state index in [1.54, 1.807) is 38.1 Å². The summed E-state index contributed by atoms with van der Waals surface area (Å²) in [5, 5.41) is 13.4. The molecule has 1 atom stereocenters. The third-order valence-electron chi connectivity index (χ3n) is 7.21. The second kappa shape index (κ2) is 10.7. The Morgan fingerprint density at radius 3 is 2.39 bits per heavy atom. The molecule has 0 fully saturated rings. The van der Waals surface area contributed by atoms with Crippen molar-refractivity contribution >= 4 is 28.3 Å². The summed E-state index contributed by atoms with van der Waals surface area (Å²) < 4.78 is 18.3. The number of hydrogen-bond donors (Lipinski definition) is 2. The predicted molar refractivity (Wildman–Crippen MR) is 159 cm³/mol. The number of methoxy groups -OCH3 is 3. The number of carbonyl (C=O) groups excluding carboxylic acids is 1. The Kier molecular flexibility index (Phi) is 6.76. The fourth-order valence-electron chi connectivity index (χ4n) is 5.25. The number of ether oxygens (including phenoxy) is 3. The summed E-state index contributed by atoms with van der Waals surface area (Å²) in [5.41, 5.74) is 3.37. The first-order valence-electron chi connectivity index (χ1n) is 13.1. The number of para-hydroxylation sites is 2. The second-order valence-corrected chi connectivity index (χ2v) is 9.57. The summed E-state index contributed by atoms with van der Waals surface area (Å²) in [6.07, 6.45) is 0. The number of fused-ring (bicyclic) bond motifs is 2. The largest absolute Gasteiger partial charge is 0.495 e. The van der Waals surface area contributed by atoms with Gasteiger partial charge in [0.05, 0.1) is 32.6 Å². The van der Waals surface area contributed by atoms with Crippen LogP contribution >= 0.6 is 0 Å². The number of rotatable bonds is 7. The van der Waals surface area contributed by atoms with Gasteiger partial charge in [0.25, 0.3) is 5.91 Å². The average Bonchev–Trinajstić information content (AvgIpc) is 3.43. The van der Waals surface area contributed by atoms with Gasteiger partial charge in [0, 0.05) is 11.3 Å². The molecule has 1 amide bonds. The van der Waals surface area contributed by atoms with Crippen molar-refractivity contribution in [2.24, 2.45) is 0 Å². The number of carbonyl (C=O) groups is 1. The lowest BCUT2D eigenvalue weighted by Gasteiger charge is -2.29. The summed E-state index contributed by atoms with van der Waals surface area (Å²) in [6, 6.07) is 26.5. The number of nitrogens with one attached hydrogen (secondary N) is 2. The van der Waals surface area contributed by atoms with E-state index in [4.69, 9.17) is 24.3 Å². The molecule has 0 aliphatic carbocycles. The zero-order chi connectivity index (χ0) is 28.5. The summed E-state index contributed by atoms with van der Waals surface area (Å²) in [4.78, 5) is 18.9. The van der Waals surface area contributed by atoms with Crippen molar-refractivity contribution in [3.8, 4) is 28.6 Å². The molecule has 0 radical (unpaired) electrons. The molecular formula is C32H29N5O4. The molecule has 9 nitrogen and oxygen atoms in total. The molecule has 4 aromatic carbocycles. The number of aromatic nitrogens is 3. The van der Waals surface area contributed by atoms with Crippen molar-refractivity contribution in [3.05, 3.63) is 102 Å². The van der Waals surface area contributed by atoms with Gasteiger partial charge in [-0.2, -0.15) is 4.98 Å². The first-order chi connectivity index (χ1) is 20.0. The number of anilines is 2. The van der Waals surface area contributed by atoms with Gasteiger partial charge >= 0.3 is 0 Å². The number of allylic oxidation sites excluding steroid dienone is 1. The number of nitrogens with zero attached hydrogens (tertiary/aromatic N) is 3. The maximum atomic E-state index is 14.0. The van der Waals surface area contributed by atoms with Crippen molar-refractivity contribution in [2.45, 2.75) is 13.0 Å². The van der Waals surface area contributed by atoms with Gasteiger partial charge in [0.2, 0.25) is 5.95 Å². The van der Waals surface area contributed by atoms with Crippen LogP contribution < -0.4 is 24.8 Å². The van der Waals surface area contributed by atoms with Gasteiger partial charge in [-0.3, -0.25) is 4.79 Å². The predicted octanol–water partition coefficient (Wildman–Crippen LogP) is 6.05. The van der Waals surface area contributed by atoms with Crippen LogP contribution in [0.15, 0.2) is 96.2 Å². The summed E-state index contributed by atoms with van der Waals surface area (Å²) in [5.74, 6) is 2.47. The molecule has 5 aromatic rings. The molecule has 1 aliphatic heterocycles. The standard InChI is InChI=1S/C32H29N5O4/c1-19-28(31(38)34-24-14-7-8-15-25(24)39-2)29(21-16-17-26(40-3)27(18-21)41-4)37-32(33-19)35-30(36-37)23-13-9-11-20-10-5-6-12-22(20)23/h5-18,29H,1-4H3,(H,34,38)(H,33,35,36). The normalized spacial score (nSPS) is 14.3. The van der Waals surface area contributed by atoms with Crippen molar-refractivity contribution in [1.82, 2.24) is 14.8 Å². The topological polar surface area (TPSA) is 99.5 Å². The Bertz CT molecular complexity index is 1800. The zero-order valence-corrected chi connectivity index (χ0v) is 23.1. The summed E-state index contributed by atoms with van der Waals surface area (Å²) in [7, 11) is 4.74. The highest BCUT2D eigenvalue weighted by Crippen LogP contribution is 2.40. The smallest absolute Gasteiger partial charge is 0.255 e.